The van der Waals surface area contributed by atoms with Gasteiger partial charge in [0.25, 0.3) is 0 Å². The molecule has 0 aromatic heterocycles. The molecular weight excluding hydrogens is 555 g/mol. The monoisotopic (exact) mass is 583 g/mol. The highest BCUT2D eigenvalue weighted by Crippen LogP contribution is 2.25. The molecule has 0 spiro atoms. The molecule has 3 aromatic carbocycles. The number of hydrogen-bond donors (Lipinski definition) is 4. The first-order chi connectivity index (χ1) is 19.8. The van der Waals surface area contributed by atoms with Gasteiger partial charge in [0.1, 0.15) is 11.9 Å². The van der Waals surface area contributed by atoms with Crippen molar-refractivity contribution in [1.29, 1.82) is 10.7 Å². The Bertz CT molecular complexity index is 1470. The van der Waals surface area contributed by atoms with Crippen LogP contribution in [0.5, 0.6) is 0 Å². The average Bonchev–Trinajstić information content (AvgIpc) is 2.96. The number of likely N-dealkylation sites (N-methyl/N-ethyl adjacent to an activating group) is 1. The number of carboxylic acid groups (broad SMARTS) is 1. The number of amides is 2. The van der Waals surface area contributed by atoms with Crippen LogP contribution in [0.25, 0.3) is 11.1 Å². The number of carbonyl (C=O) groups excluding carboxylic acids is 2. The molecule has 0 aliphatic carbocycles. The van der Waals surface area contributed by atoms with Crippen LogP contribution in [-0.4, -0.2) is 59.7 Å². The number of hydrogen-bond acceptors (Lipinski definition) is 6. The van der Waals surface area contributed by atoms with Gasteiger partial charge in [0.05, 0.1) is 18.2 Å². The Morgan fingerprint density at radius 1 is 1.10 bits per heavy atom. The molecule has 0 aliphatic heterocycles. The topological polar surface area (TPSA) is 170 Å². The van der Waals surface area contributed by atoms with E-state index in [-0.39, 0.29) is 24.8 Å². The van der Waals surface area contributed by atoms with Crippen molar-refractivity contribution in [3.8, 4) is 17.2 Å². The molecule has 0 unspecified atom stereocenters. The minimum atomic E-state index is -5.08. The van der Waals surface area contributed by atoms with Gasteiger partial charge < -0.3 is 20.9 Å². The van der Waals surface area contributed by atoms with E-state index in [1.165, 1.54) is 11.9 Å². The second-order valence-electron chi connectivity index (χ2n) is 8.67. The maximum atomic E-state index is 13.3. The third kappa shape index (κ3) is 9.37. The fourth-order valence-corrected chi connectivity index (χ4v) is 3.64. The Hall–Kier alpha value is -5.38. The summed E-state index contributed by atoms with van der Waals surface area (Å²) < 4.78 is 36.8. The molecule has 0 bridgehead atoms. The first kappa shape index (κ1) is 32.8. The fraction of sp³-hybridized carbons (Fsp3) is 0.207. The zero-order chi connectivity index (χ0) is 31.4. The van der Waals surface area contributed by atoms with Crippen LogP contribution in [0.15, 0.2) is 72.8 Å². The Kier molecular flexibility index (Phi) is 11.6. The number of halogens is 3. The molecular formula is C29H28F3N5O5. The summed E-state index contributed by atoms with van der Waals surface area (Å²) in [5, 5.41) is 27.0. The Morgan fingerprint density at radius 2 is 1.71 bits per heavy atom. The quantitative estimate of drug-likeness (QED) is 0.218. The highest BCUT2D eigenvalue weighted by molar-refractivity contribution is 5.97. The predicted octanol–water partition coefficient (Wildman–Crippen LogP) is 4.78. The summed E-state index contributed by atoms with van der Waals surface area (Å²) in [5.41, 5.74) is 9.65. The van der Waals surface area contributed by atoms with Gasteiger partial charge in [0, 0.05) is 24.7 Å². The molecule has 0 heterocycles. The summed E-state index contributed by atoms with van der Waals surface area (Å²) >= 11 is 0. The zero-order valence-corrected chi connectivity index (χ0v) is 22.6. The number of benzene rings is 3. The largest absolute Gasteiger partial charge is 0.490 e. The van der Waals surface area contributed by atoms with Gasteiger partial charge >= 0.3 is 18.2 Å². The zero-order valence-electron chi connectivity index (χ0n) is 22.6. The molecule has 42 heavy (non-hydrogen) atoms. The van der Waals surface area contributed by atoms with Crippen LogP contribution in [0.3, 0.4) is 0 Å². The maximum Gasteiger partial charge on any atom is 0.490 e. The lowest BCUT2D eigenvalue weighted by Crippen LogP contribution is -2.46. The number of anilines is 1. The molecule has 3 aromatic rings. The van der Waals surface area contributed by atoms with Crippen molar-refractivity contribution in [3.63, 3.8) is 0 Å². The summed E-state index contributed by atoms with van der Waals surface area (Å²) in [4.78, 5) is 35.8. The lowest BCUT2D eigenvalue weighted by Gasteiger charge is -2.27. The van der Waals surface area contributed by atoms with E-state index in [9.17, 15) is 28.0 Å². The number of nitrogens with zero attached hydrogens (tertiary/aromatic N) is 2. The van der Waals surface area contributed by atoms with Crippen molar-refractivity contribution in [1.82, 2.24) is 4.90 Å². The molecule has 1 atom stereocenters. The second-order valence-corrected chi connectivity index (χ2v) is 8.67. The van der Waals surface area contributed by atoms with E-state index in [1.807, 2.05) is 36.4 Å². The highest BCUT2D eigenvalue weighted by atomic mass is 19.4. The molecule has 220 valence electrons. The molecule has 10 nitrogen and oxygen atoms in total. The highest BCUT2D eigenvalue weighted by Gasteiger charge is 2.38. The molecule has 0 saturated heterocycles. The van der Waals surface area contributed by atoms with Crippen LogP contribution in [0.2, 0.25) is 0 Å². The number of rotatable bonds is 8. The lowest BCUT2D eigenvalue weighted by molar-refractivity contribution is -0.192. The first-order valence-corrected chi connectivity index (χ1v) is 12.3. The SMILES string of the molecule is CCOC(=O)N(C)[C@@H](Cc1cccc(C(=N)N)c1)C(=O)Nc1ccc(-c2ccccc2C#N)cc1.O=C(O)C(F)(F)F. The van der Waals surface area contributed by atoms with E-state index < -0.39 is 24.3 Å². The molecule has 3 rings (SSSR count). The lowest BCUT2D eigenvalue weighted by atomic mass is 10.00. The molecule has 13 heteroatoms. The fourth-order valence-electron chi connectivity index (χ4n) is 3.64. The van der Waals surface area contributed by atoms with Gasteiger partial charge in [-0.15, -0.1) is 0 Å². The summed E-state index contributed by atoms with van der Waals surface area (Å²) in [6, 6.07) is 22.8. The van der Waals surface area contributed by atoms with E-state index in [2.05, 4.69) is 11.4 Å². The Morgan fingerprint density at radius 3 is 2.26 bits per heavy atom. The summed E-state index contributed by atoms with van der Waals surface area (Å²) in [6.07, 6.45) is -5.49. The molecule has 0 fully saturated rings. The minimum Gasteiger partial charge on any atom is -0.475 e. The van der Waals surface area contributed by atoms with Crippen molar-refractivity contribution in [2.75, 3.05) is 19.0 Å². The van der Waals surface area contributed by atoms with Crippen LogP contribution in [0.1, 0.15) is 23.6 Å². The number of amidine groups is 1. The van der Waals surface area contributed by atoms with Gasteiger partial charge in [0.2, 0.25) is 5.91 Å². The predicted molar refractivity (Wildman–Crippen MR) is 149 cm³/mol. The third-order valence-electron chi connectivity index (χ3n) is 5.75. The summed E-state index contributed by atoms with van der Waals surface area (Å²) in [7, 11) is 1.51. The van der Waals surface area contributed by atoms with Crippen molar-refractivity contribution >= 4 is 29.5 Å². The average molecular weight is 584 g/mol. The minimum absolute atomic E-state index is 0.0790. The van der Waals surface area contributed by atoms with Crippen LogP contribution < -0.4 is 11.1 Å². The van der Waals surface area contributed by atoms with Crippen molar-refractivity contribution in [2.24, 2.45) is 5.73 Å². The molecule has 0 saturated carbocycles. The second kappa shape index (κ2) is 14.8. The van der Waals surface area contributed by atoms with Crippen molar-refractivity contribution in [2.45, 2.75) is 25.6 Å². The van der Waals surface area contributed by atoms with E-state index >= 15 is 0 Å². The molecule has 0 aliphatic rings. The number of alkyl halides is 3. The number of nitriles is 1. The van der Waals surface area contributed by atoms with Crippen LogP contribution in [0.4, 0.5) is 23.7 Å². The molecule has 5 N–H and O–H groups in total. The van der Waals surface area contributed by atoms with Gasteiger partial charge in [-0.1, -0.05) is 48.5 Å². The van der Waals surface area contributed by atoms with E-state index in [1.54, 1.807) is 43.3 Å². The van der Waals surface area contributed by atoms with Crippen molar-refractivity contribution in [3.05, 3.63) is 89.5 Å². The van der Waals surface area contributed by atoms with Gasteiger partial charge in [-0.25, -0.2) is 9.59 Å². The number of nitrogens with two attached hydrogens (primary N) is 1. The third-order valence-corrected chi connectivity index (χ3v) is 5.75. The molecule has 2 amide bonds. The van der Waals surface area contributed by atoms with Gasteiger partial charge in [-0.3, -0.25) is 15.1 Å². The Labute approximate surface area is 239 Å². The van der Waals surface area contributed by atoms with Gasteiger partial charge in [-0.2, -0.15) is 18.4 Å². The van der Waals surface area contributed by atoms with Crippen LogP contribution >= 0.6 is 0 Å². The smallest absolute Gasteiger partial charge is 0.475 e. The maximum absolute atomic E-state index is 13.3. The van der Waals surface area contributed by atoms with Crippen LogP contribution in [-0.2, 0) is 20.7 Å². The number of aliphatic carboxylic acids is 1. The number of carbonyl (C=O) groups is 3. The number of ether oxygens (including phenoxy) is 1. The van der Waals surface area contributed by atoms with E-state index in [0.717, 1.165) is 16.7 Å². The first-order valence-electron chi connectivity index (χ1n) is 12.3. The van der Waals surface area contributed by atoms with E-state index in [0.29, 0.717) is 16.8 Å². The van der Waals surface area contributed by atoms with E-state index in [4.69, 9.17) is 25.8 Å². The standard InChI is InChI=1S/C27H27N5O3.C2HF3O2/c1-3-35-27(34)32(2)24(16-18-7-6-9-20(15-18)25(29)30)26(33)31-22-13-11-19(12-14-22)23-10-5-4-8-21(23)17-28;3-2(4,5)1(6)7/h4-15,24H,3,16H2,1-2H3,(H3,29,30)(H,31,33);(H,6,7)/t24-;/m0./s1. The Balaban J connectivity index is 0.000000782. The van der Waals surface area contributed by atoms with Gasteiger partial charge in [-0.05, 0) is 47.9 Å². The normalized spacial score (nSPS) is 11.1. The van der Waals surface area contributed by atoms with Crippen molar-refractivity contribution < 1.29 is 37.4 Å². The number of nitrogen functional groups attached to an aromatic ring is 1. The van der Waals surface area contributed by atoms with Crippen LogP contribution in [0, 0.1) is 16.7 Å². The summed E-state index contributed by atoms with van der Waals surface area (Å²) in [6.45, 7) is 1.88. The van der Waals surface area contributed by atoms with Gasteiger partial charge in [0.15, 0.2) is 0 Å². The number of nitrogens with one attached hydrogen (secondary N) is 2. The summed E-state index contributed by atoms with van der Waals surface area (Å²) in [5.74, 6) is -3.23. The molecule has 0 radical (unpaired) electrons. The number of carboxylic acids is 1.